The molecule has 0 saturated carbocycles. The van der Waals surface area contributed by atoms with Crippen LogP contribution in [0.1, 0.15) is 30.7 Å². The first-order chi connectivity index (χ1) is 8.18. The summed E-state index contributed by atoms with van der Waals surface area (Å²) in [4.78, 5) is 11.5. The monoisotopic (exact) mass is 297 g/mol. The first-order valence-corrected chi connectivity index (χ1v) is 6.69. The fraction of sp³-hybridized carbons (Fsp3) is 0.462. The van der Waals surface area contributed by atoms with E-state index in [9.17, 15) is 9.90 Å². The summed E-state index contributed by atoms with van der Waals surface area (Å²) in [5.74, 6) is -1.20. The van der Waals surface area contributed by atoms with Gasteiger partial charge in [-0.3, -0.25) is 4.79 Å². The fourth-order valence-corrected chi connectivity index (χ4v) is 2.83. The molecule has 1 aliphatic rings. The van der Waals surface area contributed by atoms with Gasteiger partial charge in [0.1, 0.15) is 0 Å². The van der Waals surface area contributed by atoms with Crippen LogP contribution in [0.2, 0.25) is 0 Å². The summed E-state index contributed by atoms with van der Waals surface area (Å²) < 4.78 is 0.928. The van der Waals surface area contributed by atoms with Crippen LogP contribution in [0, 0.1) is 0 Å². The van der Waals surface area contributed by atoms with Crippen LogP contribution in [0.3, 0.4) is 0 Å². The van der Waals surface area contributed by atoms with Crippen molar-refractivity contribution in [3.05, 3.63) is 34.3 Å². The van der Waals surface area contributed by atoms with E-state index < -0.39 is 11.9 Å². The van der Waals surface area contributed by atoms with Crippen LogP contribution in [0.15, 0.2) is 28.7 Å². The molecule has 1 fully saturated rings. The zero-order valence-electron chi connectivity index (χ0n) is 9.53. The van der Waals surface area contributed by atoms with Gasteiger partial charge in [0.15, 0.2) is 0 Å². The van der Waals surface area contributed by atoms with E-state index in [0.717, 1.165) is 35.8 Å². The molecule has 3 nitrogen and oxygen atoms in total. The third-order valence-corrected chi connectivity index (χ3v) is 3.72. The molecule has 0 bridgehead atoms. The normalized spacial score (nSPS) is 22.1. The van der Waals surface area contributed by atoms with Crippen molar-refractivity contribution >= 4 is 21.9 Å². The fourth-order valence-electron chi connectivity index (χ4n) is 2.41. The lowest BCUT2D eigenvalue weighted by Gasteiger charge is -2.29. The molecule has 2 atom stereocenters. The van der Waals surface area contributed by atoms with E-state index in [1.165, 1.54) is 0 Å². The van der Waals surface area contributed by atoms with Crippen molar-refractivity contribution in [1.29, 1.82) is 0 Å². The first-order valence-electron chi connectivity index (χ1n) is 5.90. The summed E-state index contributed by atoms with van der Waals surface area (Å²) in [6.45, 7) is 0.919. The summed E-state index contributed by atoms with van der Waals surface area (Å²) in [5, 5.41) is 12.7. The molecular weight excluding hydrogens is 282 g/mol. The summed E-state index contributed by atoms with van der Waals surface area (Å²) in [7, 11) is 0. The number of piperidine rings is 1. The molecule has 1 saturated heterocycles. The van der Waals surface area contributed by atoms with Gasteiger partial charge in [-0.25, -0.2) is 0 Å². The molecule has 0 aliphatic carbocycles. The summed E-state index contributed by atoms with van der Waals surface area (Å²) in [6.07, 6.45) is 3.18. The standard InChI is InChI=1S/C13H16BrNO2/c14-10-5-3-4-9(8-10)12(13(16)17)11-6-1-2-7-15-11/h3-5,8,11-12,15H,1-2,6-7H2,(H,16,17). The average molecular weight is 298 g/mol. The smallest absolute Gasteiger partial charge is 0.312 e. The molecule has 1 aliphatic heterocycles. The van der Waals surface area contributed by atoms with E-state index in [4.69, 9.17) is 0 Å². The van der Waals surface area contributed by atoms with E-state index >= 15 is 0 Å². The van der Waals surface area contributed by atoms with Crippen molar-refractivity contribution in [3.63, 3.8) is 0 Å². The van der Waals surface area contributed by atoms with Crippen LogP contribution >= 0.6 is 15.9 Å². The maximum absolute atomic E-state index is 11.5. The topological polar surface area (TPSA) is 49.3 Å². The molecule has 1 heterocycles. The van der Waals surface area contributed by atoms with Crippen molar-refractivity contribution in [2.75, 3.05) is 6.54 Å². The predicted octanol–water partition coefficient (Wildman–Crippen LogP) is 2.76. The number of hydrogen-bond donors (Lipinski definition) is 2. The Morgan fingerprint density at radius 2 is 2.29 bits per heavy atom. The van der Waals surface area contributed by atoms with Crippen molar-refractivity contribution in [1.82, 2.24) is 5.32 Å². The predicted molar refractivity (Wildman–Crippen MR) is 70.2 cm³/mol. The Labute approximate surface area is 109 Å². The van der Waals surface area contributed by atoms with E-state index in [2.05, 4.69) is 21.2 Å². The van der Waals surface area contributed by atoms with Gasteiger partial charge in [-0.15, -0.1) is 0 Å². The van der Waals surface area contributed by atoms with E-state index in [-0.39, 0.29) is 6.04 Å². The van der Waals surface area contributed by atoms with Crippen LogP contribution in [-0.4, -0.2) is 23.7 Å². The molecule has 0 spiro atoms. The largest absolute Gasteiger partial charge is 0.481 e. The van der Waals surface area contributed by atoms with Gasteiger partial charge in [0, 0.05) is 10.5 Å². The summed E-state index contributed by atoms with van der Waals surface area (Å²) in [5.41, 5.74) is 0.867. The second-order valence-electron chi connectivity index (χ2n) is 4.43. The molecule has 17 heavy (non-hydrogen) atoms. The van der Waals surface area contributed by atoms with Crippen LogP contribution in [0.4, 0.5) is 0 Å². The van der Waals surface area contributed by atoms with Crippen molar-refractivity contribution in [2.24, 2.45) is 0 Å². The molecule has 0 amide bonds. The SMILES string of the molecule is O=C(O)C(c1cccc(Br)c1)C1CCCCN1. The minimum atomic E-state index is -0.748. The third kappa shape index (κ3) is 3.07. The quantitative estimate of drug-likeness (QED) is 0.902. The number of carboxylic acid groups (broad SMARTS) is 1. The van der Waals surface area contributed by atoms with Crippen LogP contribution < -0.4 is 5.32 Å². The van der Waals surface area contributed by atoms with Gasteiger partial charge >= 0.3 is 5.97 Å². The molecular formula is C13H16BrNO2. The molecule has 1 aromatic carbocycles. The van der Waals surface area contributed by atoms with E-state index in [0.29, 0.717) is 0 Å². The summed E-state index contributed by atoms with van der Waals surface area (Å²) in [6, 6.07) is 7.64. The Balaban J connectivity index is 2.25. The Kier molecular flexibility index (Phi) is 4.18. The molecule has 2 unspecified atom stereocenters. The van der Waals surface area contributed by atoms with Gasteiger partial charge in [0.25, 0.3) is 0 Å². The lowest BCUT2D eigenvalue weighted by molar-refractivity contribution is -0.139. The highest BCUT2D eigenvalue weighted by Gasteiger charge is 2.30. The highest BCUT2D eigenvalue weighted by atomic mass is 79.9. The van der Waals surface area contributed by atoms with Gasteiger partial charge in [0.05, 0.1) is 5.92 Å². The number of nitrogens with one attached hydrogen (secondary N) is 1. The lowest BCUT2D eigenvalue weighted by atomic mass is 9.86. The van der Waals surface area contributed by atoms with Crippen LogP contribution in [0.5, 0.6) is 0 Å². The Morgan fingerprint density at radius 1 is 1.47 bits per heavy atom. The lowest BCUT2D eigenvalue weighted by Crippen LogP contribution is -2.41. The van der Waals surface area contributed by atoms with E-state index in [1.807, 2.05) is 24.3 Å². The molecule has 4 heteroatoms. The molecule has 0 radical (unpaired) electrons. The van der Waals surface area contributed by atoms with Crippen LogP contribution in [-0.2, 0) is 4.79 Å². The van der Waals surface area contributed by atoms with Gasteiger partial charge < -0.3 is 10.4 Å². The number of benzene rings is 1. The minimum Gasteiger partial charge on any atom is -0.481 e. The van der Waals surface area contributed by atoms with Gasteiger partial charge in [0.2, 0.25) is 0 Å². The average Bonchev–Trinajstić information content (AvgIpc) is 2.30. The van der Waals surface area contributed by atoms with Crippen molar-refractivity contribution in [2.45, 2.75) is 31.2 Å². The highest BCUT2D eigenvalue weighted by Crippen LogP contribution is 2.27. The van der Waals surface area contributed by atoms with Crippen molar-refractivity contribution < 1.29 is 9.90 Å². The molecule has 2 rings (SSSR count). The number of carbonyl (C=O) groups is 1. The van der Waals surface area contributed by atoms with Gasteiger partial charge in [-0.1, -0.05) is 34.5 Å². The summed E-state index contributed by atoms with van der Waals surface area (Å²) >= 11 is 3.39. The highest BCUT2D eigenvalue weighted by molar-refractivity contribution is 9.10. The second-order valence-corrected chi connectivity index (χ2v) is 5.34. The molecule has 1 aromatic rings. The zero-order valence-corrected chi connectivity index (χ0v) is 11.1. The third-order valence-electron chi connectivity index (χ3n) is 3.22. The Hall–Kier alpha value is -0.870. The van der Waals surface area contributed by atoms with Crippen LogP contribution in [0.25, 0.3) is 0 Å². The first kappa shape index (κ1) is 12.6. The molecule has 2 N–H and O–H groups in total. The number of aliphatic carboxylic acids is 1. The minimum absolute atomic E-state index is 0.0514. The number of hydrogen-bond acceptors (Lipinski definition) is 2. The van der Waals surface area contributed by atoms with E-state index in [1.54, 1.807) is 0 Å². The number of halogens is 1. The maximum Gasteiger partial charge on any atom is 0.312 e. The molecule has 0 aromatic heterocycles. The van der Waals surface area contributed by atoms with Gasteiger partial charge in [-0.2, -0.15) is 0 Å². The maximum atomic E-state index is 11.5. The zero-order chi connectivity index (χ0) is 12.3. The van der Waals surface area contributed by atoms with Crippen molar-refractivity contribution in [3.8, 4) is 0 Å². The second kappa shape index (κ2) is 5.65. The Morgan fingerprint density at radius 3 is 2.88 bits per heavy atom. The number of rotatable bonds is 3. The van der Waals surface area contributed by atoms with Gasteiger partial charge in [-0.05, 0) is 37.1 Å². The number of carboxylic acids is 1. The Bertz CT molecular complexity index is 402. The molecule has 92 valence electrons.